The molecular formula is C18H16N4O2. The summed E-state index contributed by atoms with van der Waals surface area (Å²) < 4.78 is 10.9. The number of benzene rings is 1. The summed E-state index contributed by atoms with van der Waals surface area (Å²) in [5, 5.41) is 0. The van der Waals surface area contributed by atoms with Gasteiger partial charge in [0.25, 0.3) is 0 Å². The Morgan fingerprint density at radius 2 is 1.88 bits per heavy atom. The zero-order chi connectivity index (χ0) is 16.5. The highest BCUT2D eigenvalue weighted by Crippen LogP contribution is 2.38. The molecule has 0 atom stereocenters. The fourth-order valence-corrected chi connectivity index (χ4v) is 2.59. The first kappa shape index (κ1) is 14.4. The van der Waals surface area contributed by atoms with E-state index in [4.69, 9.17) is 14.5 Å². The quantitative estimate of drug-likeness (QED) is 0.739. The van der Waals surface area contributed by atoms with Crippen molar-refractivity contribution in [3.05, 3.63) is 48.9 Å². The van der Waals surface area contributed by atoms with Crippen LogP contribution in [0, 0.1) is 0 Å². The molecule has 3 heterocycles. The van der Waals surface area contributed by atoms with Gasteiger partial charge in [-0.1, -0.05) is 6.07 Å². The number of aromatic nitrogens is 3. The molecule has 0 unspecified atom stereocenters. The first-order valence-electron chi connectivity index (χ1n) is 7.57. The molecule has 120 valence electrons. The van der Waals surface area contributed by atoms with Gasteiger partial charge in [-0.25, -0.2) is 9.97 Å². The summed E-state index contributed by atoms with van der Waals surface area (Å²) in [6.07, 6.45) is 5.39. The molecule has 0 N–H and O–H groups in total. The molecule has 6 nitrogen and oxygen atoms in total. The van der Waals surface area contributed by atoms with Crippen LogP contribution in [0.4, 0.5) is 5.95 Å². The monoisotopic (exact) mass is 320 g/mol. The molecule has 0 fully saturated rings. The van der Waals surface area contributed by atoms with Crippen molar-refractivity contribution in [2.45, 2.75) is 0 Å². The average Bonchev–Trinajstić information content (AvgIpc) is 3.09. The Kier molecular flexibility index (Phi) is 3.49. The van der Waals surface area contributed by atoms with E-state index in [0.29, 0.717) is 5.95 Å². The molecule has 0 saturated heterocycles. The molecule has 1 aliphatic heterocycles. The number of fused-ring (bicyclic) bond motifs is 1. The van der Waals surface area contributed by atoms with Crippen molar-refractivity contribution in [2.75, 3.05) is 25.8 Å². The van der Waals surface area contributed by atoms with Crippen molar-refractivity contribution >= 4 is 5.95 Å². The highest BCUT2D eigenvalue weighted by molar-refractivity contribution is 5.81. The fourth-order valence-electron chi connectivity index (χ4n) is 2.59. The highest BCUT2D eigenvalue weighted by Gasteiger charge is 2.17. The van der Waals surface area contributed by atoms with Gasteiger partial charge in [0.05, 0.1) is 5.69 Å². The lowest BCUT2D eigenvalue weighted by atomic mass is 10.0. The standard InChI is InChI=1S/C18H16N4O2/c1-22(2)18-20-10-14(17(21-18)13-4-3-7-19-9-13)12-5-6-15-16(8-12)24-11-23-15/h3-10H,11H2,1-2H3. The first-order valence-corrected chi connectivity index (χ1v) is 7.57. The molecule has 0 spiro atoms. The third-order valence-electron chi connectivity index (χ3n) is 3.79. The lowest BCUT2D eigenvalue weighted by molar-refractivity contribution is 0.174. The van der Waals surface area contributed by atoms with Crippen LogP contribution in [0.25, 0.3) is 22.4 Å². The normalized spacial score (nSPS) is 12.2. The molecule has 2 aromatic heterocycles. The second kappa shape index (κ2) is 5.81. The van der Waals surface area contributed by atoms with E-state index in [1.807, 2.05) is 55.5 Å². The Bertz CT molecular complexity index is 881. The van der Waals surface area contributed by atoms with E-state index in [1.54, 1.807) is 12.4 Å². The van der Waals surface area contributed by atoms with Crippen molar-refractivity contribution in [3.8, 4) is 33.9 Å². The van der Waals surface area contributed by atoms with Crippen molar-refractivity contribution in [3.63, 3.8) is 0 Å². The Labute approximate surface area is 139 Å². The molecule has 6 heteroatoms. The van der Waals surface area contributed by atoms with Crippen LogP contribution in [-0.2, 0) is 0 Å². The molecule has 0 radical (unpaired) electrons. The number of pyridine rings is 1. The van der Waals surface area contributed by atoms with Gasteiger partial charge in [-0.3, -0.25) is 4.98 Å². The third kappa shape index (κ3) is 2.52. The van der Waals surface area contributed by atoms with Gasteiger partial charge in [0.1, 0.15) is 0 Å². The van der Waals surface area contributed by atoms with E-state index >= 15 is 0 Å². The summed E-state index contributed by atoms with van der Waals surface area (Å²) >= 11 is 0. The van der Waals surface area contributed by atoms with E-state index in [0.717, 1.165) is 33.9 Å². The van der Waals surface area contributed by atoms with Gasteiger partial charge in [0.15, 0.2) is 11.5 Å². The van der Waals surface area contributed by atoms with Crippen LogP contribution in [0.3, 0.4) is 0 Å². The van der Waals surface area contributed by atoms with Crippen molar-refractivity contribution in [1.29, 1.82) is 0 Å². The topological polar surface area (TPSA) is 60.4 Å². The molecule has 1 aromatic carbocycles. The smallest absolute Gasteiger partial charge is 0.231 e. The van der Waals surface area contributed by atoms with Crippen molar-refractivity contribution in [1.82, 2.24) is 15.0 Å². The maximum atomic E-state index is 5.48. The number of hydrogen-bond acceptors (Lipinski definition) is 6. The summed E-state index contributed by atoms with van der Waals surface area (Å²) in [4.78, 5) is 15.3. The average molecular weight is 320 g/mol. The van der Waals surface area contributed by atoms with E-state index in [-0.39, 0.29) is 6.79 Å². The largest absolute Gasteiger partial charge is 0.454 e. The summed E-state index contributed by atoms with van der Waals surface area (Å²) in [6, 6.07) is 9.74. The molecule has 24 heavy (non-hydrogen) atoms. The van der Waals surface area contributed by atoms with Crippen molar-refractivity contribution < 1.29 is 9.47 Å². The zero-order valence-electron chi connectivity index (χ0n) is 13.4. The second-order valence-electron chi connectivity index (χ2n) is 5.64. The van der Waals surface area contributed by atoms with Gasteiger partial charge >= 0.3 is 0 Å². The van der Waals surface area contributed by atoms with Gasteiger partial charge < -0.3 is 14.4 Å². The van der Waals surface area contributed by atoms with Crippen LogP contribution in [-0.4, -0.2) is 35.8 Å². The maximum Gasteiger partial charge on any atom is 0.231 e. The van der Waals surface area contributed by atoms with Crippen LogP contribution in [0.1, 0.15) is 0 Å². The van der Waals surface area contributed by atoms with Gasteiger partial charge in [-0.15, -0.1) is 0 Å². The Morgan fingerprint density at radius 3 is 2.67 bits per heavy atom. The molecule has 0 saturated carbocycles. The SMILES string of the molecule is CN(C)c1ncc(-c2ccc3c(c2)OCO3)c(-c2cccnc2)n1. The molecule has 0 bridgehead atoms. The number of ether oxygens (including phenoxy) is 2. The summed E-state index contributed by atoms with van der Waals surface area (Å²) in [6.45, 7) is 0.254. The summed E-state index contributed by atoms with van der Waals surface area (Å²) in [5.41, 5.74) is 3.67. The van der Waals surface area contributed by atoms with Crippen LogP contribution in [0.5, 0.6) is 11.5 Å². The number of hydrogen-bond donors (Lipinski definition) is 0. The van der Waals surface area contributed by atoms with Gasteiger partial charge in [-0.05, 0) is 29.8 Å². The molecule has 0 amide bonds. The lowest BCUT2D eigenvalue weighted by Gasteiger charge is -2.14. The highest BCUT2D eigenvalue weighted by atomic mass is 16.7. The Morgan fingerprint density at radius 1 is 1.00 bits per heavy atom. The second-order valence-corrected chi connectivity index (χ2v) is 5.64. The predicted octanol–water partition coefficient (Wildman–Crippen LogP) is 3.00. The van der Waals surface area contributed by atoms with Crippen molar-refractivity contribution in [2.24, 2.45) is 0 Å². The van der Waals surface area contributed by atoms with E-state index in [2.05, 4.69) is 9.97 Å². The molecule has 3 aromatic rings. The molecular weight excluding hydrogens is 304 g/mol. The zero-order valence-corrected chi connectivity index (χ0v) is 13.4. The first-order chi connectivity index (χ1) is 11.7. The Hall–Kier alpha value is -3.15. The van der Waals surface area contributed by atoms with Crippen LogP contribution in [0.15, 0.2) is 48.9 Å². The van der Waals surface area contributed by atoms with Crippen LogP contribution in [0.2, 0.25) is 0 Å². The van der Waals surface area contributed by atoms with Gasteiger partial charge in [-0.2, -0.15) is 0 Å². The van der Waals surface area contributed by atoms with E-state index in [1.165, 1.54) is 0 Å². The minimum absolute atomic E-state index is 0.254. The predicted molar refractivity (Wildman–Crippen MR) is 91.1 cm³/mol. The minimum atomic E-state index is 0.254. The fraction of sp³-hybridized carbons (Fsp3) is 0.167. The molecule has 4 rings (SSSR count). The number of anilines is 1. The number of rotatable bonds is 3. The Balaban J connectivity index is 1.88. The summed E-state index contributed by atoms with van der Waals surface area (Å²) in [5.74, 6) is 2.15. The van der Waals surface area contributed by atoms with E-state index in [9.17, 15) is 0 Å². The van der Waals surface area contributed by atoms with Gasteiger partial charge in [0, 0.05) is 43.8 Å². The van der Waals surface area contributed by atoms with E-state index < -0.39 is 0 Å². The minimum Gasteiger partial charge on any atom is -0.454 e. The summed E-state index contributed by atoms with van der Waals surface area (Å²) in [7, 11) is 3.84. The molecule has 1 aliphatic rings. The third-order valence-corrected chi connectivity index (χ3v) is 3.79. The van der Waals surface area contributed by atoms with Crippen LogP contribution >= 0.6 is 0 Å². The maximum absolute atomic E-state index is 5.48. The lowest BCUT2D eigenvalue weighted by Crippen LogP contribution is -2.13. The van der Waals surface area contributed by atoms with Crippen LogP contribution < -0.4 is 14.4 Å². The molecule has 0 aliphatic carbocycles. The number of nitrogens with zero attached hydrogens (tertiary/aromatic N) is 4. The van der Waals surface area contributed by atoms with Gasteiger partial charge in [0.2, 0.25) is 12.7 Å².